The summed E-state index contributed by atoms with van der Waals surface area (Å²) in [6.45, 7) is 10.9. The number of hydrogen-bond donors (Lipinski definition) is 0. The van der Waals surface area contributed by atoms with Crippen molar-refractivity contribution in [3.8, 4) is 39.6 Å². The molecule has 2 atom stereocenters. The molecule has 0 radical (unpaired) electrons. The molecule has 0 saturated heterocycles. The van der Waals surface area contributed by atoms with E-state index in [1.54, 1.807) is 0 Å². The Labute approximate surface area is 271 Å². The highest BCUT2D eigenvalue weighted by Gasteiger charge is 2.26. The predicted molar refractivity (Wildman–Crippen MR) is 182 cm³/mol. The minimum absolute atomic E-state index is 0.0342. The summed E-state index contributed by atoms with van der Waals surface area (Å²) in [5, 5.41) is 0. The summed E-state index contributed by atoms with van der Waals surface area (Å²) in [5.41, 5.74) is 9.59. The average Bonchev–Trinajstić information content (AvgIpc) is 3.12. The predicted octanol–water partition coefficient (Wildman–Crippen LogP) is 8.32. The van der Waals surface area contributed by atoms with Crippen molar-refractivity contribution in [1.29, 1.82) is 0 Å². The lowest BCUT2D eigenvalue weighted by molar-refractivity contribution is -0.600. The van der Waals surface area contributed by atoms with Gasteiger partial charge >= 0.3 is 5.82 Å². The Hall–Kier alpha value is -5.17. The fraction of sp³-hybridized carbons (Fsp3) is 0.256. The Kier molecular flexibility index (Phi) is 9.29. The molecule has 7 nitrogen and oxygen atoms in total. The van der Waals surface area contributed by atoms with Crippen molar-refractivity contribution in [1.82, 2.24) is 29.9 Å². The molecule has 0 bridgehead atoms. The number of hydrogen-bond acceptors (Lipinski definition) is 6. The van der Waals surface area contributed by atoms with Crippen LogP contribution in [0.15, 0.2) is 110 Å². The van der Waals surface area contributed by atoms with Crippen LogP contribution in [0.1, 0.15) is 81.6 Å². The molecule has 7 heteroatoms. The normalized spacial score (nSPS) is 12.7. The smallest absolute Gasteiger partial charge is 0.261 e. The van der Waals surface area contributed by atoms with Gasteiger partial charge in [0.2, 0.25) is 5.69 Å². The first-order valence-electron chi connectivity index (χ1n) is 16.1. The molecule has 0 aliphatic rings. The third-order valence-corrected chi connectivity index (χ3v) is 8.45. The quantitative estimate of drug-likeness (QED) is 0.146. The molecular weight excluding hydrogens is 566 g/mol. The van der Waals surface area contributed by atoms with Gasteiger partial charge in [0.15, 0.2) is 0 Å². The number of rotatable bonds is 10. The van der Waals surface area contributed by atoms with E-state index >= 15 is 0 Å². The monoisotopic (exact) mass is 606 g/mol. The van der Waals surface area contributed by atoms with Crippen molar-refractivity contribution in [3.63, 3.8) is 0 Å². The van der Waals surface area contributed by atoms with E-state index in [0.29, 0.717) is 12.3 Å². The van der Waals surface area contributed by atoms with Crippen molar-refractivity contribution in [2.45, 2.75) is 65.2 Å². The maximum atomic E-state index is 5.17. The number of benzene rings is 2. The molecular formula is C39H40N7+. The minimum Gasteiger partial charge on any atom is -0.261 e. The zero-order valence-electron chi connectivity index (χ0n) is 27.2. The second-order valence-corrected chi connectivity index (χ2v) is 12.2. The maximum absolute atomic E-state index is 5.17. The molecule has 6 aromatic rings. The van der Waals surface area contributed by atoms with Crippen molar-refractivity contribution in [2.24, 2.45) is 0 Å². The fourth-order valence-corrected chi connectivity index (χ4v) is 5.56. The summed E-state index contributed by atoms with van der Waals surface area (Å²) in [6.07, 6.45) is 13.2. The molecule has 2 unspecified atom stereocenters. The molecule has 0 amide bonds. The molecule has 0 spiro atoms. The van der Waals surface area contributed by atoms with E-state index in [-0.39, 0.29) is 11.8 Å². The van der Waals surface area contributed by atoms with Crippen LogP contribution in [0.5, 0.6) is 0 Å². The van der Waals surface area contributed by atoms with Crippen molar-refractivity contribution in [3.05, 3.63) is 133 Å². The Morgan fingerprint density at radius 3 is 1.80 bits per heavy atom. The number of pyridine rings is 1. The minimum atomic E-state index is 0.0342. The maximum Gasteiger partial charge on any atom is 0.350 e. The van der Waals surface area contributed by atoms with Gasteiger partial charge < -0.3 is 0 Å². The van der Waals surface area contributed by atoms with Gasteiger partial charge in [0.25, 0.3) is 0 Å². The molecule has 4 aromatic heterocycles. The summed E-state index contributed by atoms with van der Waals surface area (Å²) in [5.74, 6) is 1.41. The summed E-state index contributed by atoms with van der Waals surface area (Å²) in [7, 11) is 0. The van der Waals surface area contributed by atoms with E-state index in [0.717, 1.165) is 68.8 Å². The molecule has 0 aliphatic heterocycles. The van der Waals surface area contributed by atoms with Crippen LogP contribution in [-0.4, -0.2) is 29.9 Å². The average molecular weight is 607 g/mol. The van der Waals surface area contributed by atoms with Crippen LogP contribution >= 0.6 is 0 Å². The topological polar surface area (TPSA) is 81.2 Å². The molecule has 0 fully saturated rings. The van der Waals surface area contributed by atoms with Crippen LogP contribution < -0.4 is 4.57 Å². The molecule has 0 aliphatic carbocycles. The van der Waals surface area contributed by atoms with Crippen LogP contribution in [0.3, 0.4) is 0 Å². The second kappa shape index (κ2) is 13.9. The van der Waals surface area contributed by atoms with Crippen LogP contribution in [0.4, 0.5) is 0 Å². The highest BCUT2D eigenvalue weighted by atomic mass is 15.1. The number of aromatic nitrogens is 7. The van der Waals surface area contributed by atoms with Crippen molar-refractivity contribution in [2.75, 3.05) is 0 Å². The van der Waals surface area contributed by atoms with Crippen LogP contribution in [0.25, 0.3) is 39.6 Å². The first-order valence-corrected chi connectivity index (χ1v) is 16.1. The molecule has 2 aromatic carbocycles. The zero-order valence-corrected chi connectivity index (χ0v) is 27.2. The third kappa shape index (κ3) is 6.74. The third-order valence-electron chi connectivity index (χ3n) is 8.45. The molecule has 0 saturated carbocycles. The van der Waals surface area contributed by atoms with E-state index in [1.165, 1.54) is 0 Å². The van der Waals surface area contributed by atoms with Gasteiger partial charge in [-0.05, 0) is 41.8 Å². The van der Waals surface area contributed by atoms with Gasteiger partial charge in [0, 0.05) is 28.8 Å². The Bertz CT molecular complexity index is 1910. The van der Waals surface area contributed by atoms with Gasteiger partial charge in [0.1, 0.15) is 5.69 Å². The summed E-state index contributed by atoms with van der Waals surface area (Å²) in [6, 6.07) is 24.5. The Morgan fingerprint density at radius 2 is 1.17 bits per heavy atom. The molecule has 0 N–H and O–H groups in total. The van der Waals surface area contributed by atoms with Crippen molar-refractivity contribution >= 4 is 0 Å². The summed E-state index contributed by atoms with van der Waals surface area (Å²) < 4.78 is 2.05. The van der Waals surface area contributed by atoms with Gasteiger partial charge in [-0.3, -0.25) is 9.97 Å². The second-order valence-electron chi connectivity index (χ2n) is 12.2. The first kappa shape index (κ1) is 30.8. The zero-order chi connectivity index (χ0) is 32.0. The van der Waals surface area contributed by atoms with Gasteiger partial charge in [-0.15, -0.1) is 0 Å². The lowest BCUT2D eigenvalue weighted by Gasteiger charge is -2.16. The summed E-state index contributed by atoms with van der Waals surface area (Å²) >= 11 is 0. The van der Waals surface area contributed by atoms with Gasteiger partial charge in [-0.2, -0.15) is 0 Å². The molecule has 46 heavy (non-hydrogen) atoms. The lowest BCUT2D eigenvalue weighted by atomic mass is 9.96. The molecule has 230 valence electrons. The standard InChI is InChI=1S/C39H40N7/c1-6-27(4)33-22-40-23-34(43-33)31-17-19-46(20-18-31)39-38(42-25-36(45-39)30-15-11-8-12-16-30)28(5)21-32-37(26(2)3)44-35(24-41-32)29-13-9-7-10-14-29/h7-20,22-28H,6,21H2,1-5H3/q+1. The SMILES string of the molecule is CCC(C)c1cncc(-c2cc[n+](-c3nc(-c4ccccc4)cnc3C(C)Cc3ncc(-c4ccccc4)nc3C(C)C)cc2)n1. The molecule has 6 rings (SSSR count). The van der Waals surface area contributed by atoms with E-state index in [2.05, 4.69) is 76.0 Å². The van der Waals surface area contributed by atoms with E-state index in [4.69, 9.17) is 24.9 Å². The van der Waals surface area contributed by atoms with E-state index in [1.807, 2.05) is 78.1 Å². The van der Waals surface area contributed by atoms with Gasteiger partial charge in [-0.25, -0.2) is 19.5 Å². The van der Waals surface area contributed by atoms with E-state index in [9.17, 15) is 0 Å². The van der Waals surface area contributed by atoms with Crippen molar-refractivity contribution < 1.29 is 4.57 Å². The highest BCUT2D eigenvalue weighted by Crippen LogP contribution is 2.28. The van der Waals surface area contributed by atoms with Gasteiger partial charge in [0.05, 0.1) is 59.5 Å². The lowest BCUT2D eigenvalue weighted by Crippen LogP contribution is -2.34. The van der Waals surface area contributed by atoms with Crippen LogP contribution in [-0.2, 0) is 6.42 Å². The van der Waals surface area contributed by atoms with Gasteiger partial charge in [-0.1, -0.05) is 95.3 Å². The van der Waals surface area contributed by atoms with E-state index < -0.39 is 0 Å². The summed E-state index contributed by atoms with van der Waals surface area (Å²) in [4.78, 5) is 29.6. The number of nitrogens with zero attached hydrogens (tertiary/aromatic N) is 7. The van der Waals surface area contributed by atoms with Crippen LogP contribution in [0, 0.1) is 0 Å². The highest BCUT2D eigenvalue weighted by molar-refractivity contribution is 5.60. The Balaban J connectivity index is 1.36. The Morgan fingerprint density at radius 1 is 0.587 bits per heavy atom. The van der Waals surface area contributed by atoms with Crippen LogP contribution in [0.2, 0.25) is 0 Å². The largest absolute Gasteiger partial charge is 0.350 e. The fourth-order valence-electron chi connectivity index (χ4n) is 5.56. The molecule has 4 heterocycles. The first-order chi connectivity index (χ1) is 22.4.